The zero-order chi connectivity index (χ0) is 111. The molecule has 11 aliphatic rings. The first kappa shape index (κ1) is 125. The summed E-state index contributed by atoms with van der Waals surface area (Å²) in [4.78, 5) is 89.2. The Balaban J connectivity index is 0.895. The smallest absolute Gasteiger partial charge is 0.332 e. The molecule has 11 rings (SSSR count). The van der Waals surface area contributed by atoms with Crippen molar-refractivity contribution in [2.75, 3.05) is 78.0 Å². The number of halogens is 1. The minimum Gasteiger partial charge on any atom is -0.410 e. The van der Waals surface area contributed by atoms with Crippen molar-refractivity contribution >= 4 is 58.3 Å². The van der Waals surface area contributed by atoms with Crippen molar-refractivity contribution in [3.8, 4) is 0 Å². The number of ketones is 1. The number of Topliss-reactive ketones (excluding diaryl/α,β-unsaturated/α-hetero) is 1. The van der Waals surface area contributed by atoms with Crippen molar-refractivity contribution in [3.63, 3.8) is 0 Å². The van der Waals surface area contributed by atoms with Gasteiger partial charge in [-0.1, -0.05) is 29.8 Å². The molecule has 21 unspecified atom stereocenters. The summed E-state index contributed by atoms with van der Waals surface area (Å²) in [5.74, 6) is -11.9. The molecule has 0 spiro atoms. The Hall–Kier alpha value is -5.07. The van der Waals surface area contributed by atoms with E-state index in [9.17, 15) is 187 Å². The van der Waals surface area contributed by atoms with Gasteiger partial charge in [0, 0.05) is 46.0 Å². The Morgan fingerprint density at radius 3 is 0.967 bits per heavy atom. The van der Waals surface area contributed by atoms with Gasteiger partial charge in [-0.3, -0.25) is 33.6 Å². The van der Waals surface area contributed by atoms with E-state index in [1.54, 1.807) is 0 Å². The zero-order valence-electron chi connectivity index (χ0n) is 81.1. The molecule has 0 saturated carbocycles. The summed E-state index contributed by atoms with van der Waals surface area (Å²) < 4.78 is 137. The molecule has 11 saturated heterocycles. The third kappa shape index (κ3) is 28.5. The van der Waals surface area contributed by atoms with Gasteiger partial charge >= 0.3 is 11.9 Å². The Morgan fingerprint density at radius 1 is 0.327 bits per heavy atom. The monoisotopic (exact) mass is 2250 g/mol. The topological polar surface area (TPSA) is 987 Å². The summed E-state index contributed by atoms with van der Waals surface area (Å²) in [5, 5.41) is 349. The quantitative estimate of drug-likeness (QED) is 0.0153. The number of alkyl halides is 1. The van der Waals surface area contributed by atoms with Gasteiger partial charge in [0.2, 0.25) is 23.6 Å². The highest BCUT2D eigenvalue weighted by molar-refractivity contribution is 9.09. The second kappa shape index (κ2) is 55.1. The lowest BCUT2D eigenvalue weighted by Crippen LogP contribution is -2.71. The molecule has 11 heterocycles. The minimum absolute atomic E-state index is 0.206. The van der Waals surface area contributed by atoms with Gasteiger partial charge in [-0.05, 0) is 0 Å². The van der Waals surface area contributed by atoms with Crippen LogP contribution in [0.4, 0.5) is 0 Å². The van der Waals surface area contributed by atoms with Gasteiger partial charge in [0.1, 0.15) is 244 Å². The van der Waals surface area contributed by atoms with Crippen molar-refractivity contribution in [2.45, 2.75) is 398 Å². The molecule has 0 aromatic heterocycles. The lowest BCUT2D eigenvalue weighted by atomic mass is 9.87. The molecule has 11 fully saturated rings. The molecule has 65 heteroatoms. The predicted octanol–water partition coefficient (Wildman–Crippen LogP) is -21.9. The summed E-state index contributed by atoms with van der Waals surface area (Å²) in [6.07, 6.45) is -107. The first-order chi connectivity index (χ1) is 70.9. The van der Waals surface area contributed by atoms with E-state index >= 15 is 0 Å². The minimum atomic E-state index is -2.70. The standard InChI is InChI=1S/C85H139BrN4O60/c1-24-31(106)8-84(131-22-99,149-67(24)49(110)33(108)11-91)129-20-43-53(114)60(121)64(125)79(140-43)143-70-39(16-96)137-77(47(58(70)119)89-28(5)103)147-74-62(123)51(112)36(13-93)134-82(74)128-19-42-55(116)73(66(127)81(139-42)145-72-41(18-98)136-76(46(57(72)118)88-27(4)102)142-69-38(15-95)133-35(7-30(105)10-86)45(56(69)117)87-26(3)101)146-83-75(63(124)52(113)37(14-94)135-83)148-78-48(90-29(6)104)59(120)71(40(17-97)138-78)144-80-65(126)61(122)54(115)44(141-80)21-130-85(132-23-100)9-32(107)25(2)68(150-85)50(111)34(109)12-92/h22-25,31-83,91-98,106-127H,7-21H2,1-6H3,(H,87,101)(H,88,102)(H,89,103)(H,90,104)/t24-,25-,31-,32-,33-,34-,35+,36?,37?,38?,39+,40?,41?,42?,43?,44?,45?,46?,47?,48?,49-,50-,51-,52-,53+,54+,55-,56-,57-,58?,59-,60+,61+,62+,63?,64?,65?,66?,67?,68?,69-,70-,71-,72-,73+,74?,75?,76+,77+,78+,79+,80+,81+,82+,83-,84+,85+/m1/s1. The van der Waals surface area contributed by atoms with Crippen molar-refractivity contribution in [1.82, 2.24) is 21.3 Å². The summed E-state index contributed by atoms with van der Waals surface area (Å²) in [6, 6.07) is -7.71. The molecule has 11 aliphatic heterocycles. The number of carbonyl (C=O) groups excluding carboxylic acids is 7. The largest absolute Gasteiger partial charge is 0.410 e. The maximum Gasteiger partial charge on any atom is 0.332 e. The fourth-order valence-electron chi connectivity index (χ4n) is 19.4. The van der Waals surface area contributed by atoms with Crippen LogP contribution in [0.25, 0.3) is 0 Å². The van der Waals surface area contributed by atoms with E-state index in [1.165, 1.54) is 13.8 Å². The predicted molar refractivity (Wildman–Crippen MR) is 470 cm³/mol. The van der Waals surface area contributed by atoms with E-state index in [0.29, 0.717) is 0 Å². The molecule has 0 aromatic rings. The maximum absolute atomic E-state index is 13.3. The van der Waals surface area contributed by atoms with Crippen molar-refractivity contribution < 1.29 is 296 Å². The Kier molecular flexibility index (Phi) is 46.0. The van der Waals surface area contributed by atoms with Gasteiger partial charge in [0.05, 0.1) is 127 Å². The van der Waals surface area contributed by atoms with Crippen molar-refractivity contribution in [3.05, 3.63) is 0 Å². The molecule has 0 bridgehead atoms. The maximum atomic E-state index is 13.3. The van der Waals surface area contributed by atoms with Gasteiger partial charge in [0.15, 0.2) is 50.3 Å². The number of ether oxygens (including phenoxy) is 23. The normalized spacial score (nSPS) is 46.5. The van der Waals surface area contributed by atoms with E-state index in [-0.39, 0.29) is 18.3 Å². The van der Waals surface area contributed by atoms with Crippen molar-refractivity contribution in [2.24, 2.45) is 11.8 Å². The molecule has 34 N–H and O–H groups in total. The van der Waals surface area contributed by atoms with Gasteiger partial charge in [-0.15, -0.1) is 0 Å². The summed E-state index contributed by atoms with van der Waals surface area (Å²) >= 11 is 3.04. The fourth-order valence-corrected chi connectivity index (χ4v) is 19.7. The second-order valence-electron chi connectivity index (χ2n) is 38.1. The third-order valence-electron chi connectivity index (χ3n) is 27.7. The van der Waals surface area contributed by atoms with Crippen molar-refractivity contribution in [1.29, 1.82) is 0 Å². The van der Waals surface area contributed by atoms with E-state index in [4.69, 9.17) is 109 Å². The molecule has 150 heavy (non-hydrogen) atoms. The highest BCUT2D eigenvalue weighted by atomic mass is 79.9. The van der Waals surface area contributed by atoms with Crippen LogP contribution in [0.2, 0.25) is 0 Å². The van der Waals surface area contributed by atoms with Crippen LogP contribution in [0.1, 0.15) is 60.8 Å². The van der Waals surface area contributed by atoms with E-state index in [2.05, 4.69) is 37.2 Å². The molecule has 64 nitrogen and oxygen atoms in total. The Bertz CT molecular complexity index is 4230. The number of hydrogen-bond acceptors (Lipinski definition) is 60. The fraction of sp³-hybridized carbons (Fsp3) is 0.918. The number of nitrogens with one attached hydrogen (secondary N) is 4. The van der Waals surface area contributed by atoms with Crippen LogP contribution in [0.15, 0.2) is 0 Å². The molecule has 0 aliphatic carbocycles. The SMILES string of the molecule is CC(=O)NC1C(O)[C@H](O[C@@H]2OC(CO[C@]3(OC=O)C[C@@H](O)[C@@H](C)C([C@H](O)[C@H](O)CO)O3)[C@H](O)[C@H](O)C2O)[C@H](CO)O[C@H]1OC1[C@@H](OCC2O[C@@H](O[C@@H]3C(CO)O[C@@H](O[C@@H]4C(CO)O[C@@H](CC(=O)CBr)C(NC(C)=O)[C@H]4O)C(NC(C)=O)[C@H]3O)C(O)[C@@H](O[C@H]3OC(CO)[C@@H](O)C(O)C3O[C@@H]3OC(CO)[C@@H](O[C@@H]4OC(CO[C@]5(OC=O)C[C@@H](O)[C@@H](C)C([C@H](O)[C@H](O)CO)O5)[C@H](O)[C@H](O)C4O)[C@H](O)C3NC(C)=O)[C@@H]2O)OC(CO)[C@@H](O)[C@@H]1O. The Labute approximate surface area is 859 Å². The molecular weight excluding hydrogens is 2120 g/mol. The number of carbonyl (C=O) groups is 7. The van der Waals surface area contributed by atoms with Crippen LogP contribution in [-0.4, -0.2) is 610 Å². The lowest BCUT2D eigenvalue weighted by molar-refractivity contribution is -0.424. The summed E-state index contributed by atoms with van der Waals surface area (Å²) in [5.41, 5.74) is 0. The molecule has 57 atom stereocenters. The number of aliphatic hydroxyl groups excluding tert-OH is 30. The molecule has 866 valence electrons. The highest BCUT2D eigenvalue weighted by Crippen LogP contribution is 2.45. The van der Waals surface area contributed by atoms with Gasteiger partial charge in [-0.2, -0.15) is 0 Å². The second-order valence-corrected chi connectivity index (χ2v) is 38.7. The third-order valence-corrected chi connectivity index (χ3v) is 28.4. The molecular formula is C85H139BrN4O60. The van der Waals surface area contributed by atoms with E-state index < -0.39 is 470 Å². The lowest BCUT2D eigenvalue weighted by Gasteiger charge is -2.51. The van der Waals surface area contributed by atoms with Gasteiger partial charge < -0.3 is 283 Å². The number of aliphatic hydroxyl groups is 30. The molecule has 0 aromatic carbocycles. The molecule has 4 amide bonds. The van der Waals surface area contributed by atoms with Gasteiger partial charge in [0.25, 0.3) is 12.9 Å². The van der Waals surface area contributed by atoms with Crippen LogP contribution in [0.5, 0.6) is 0 Å². The van der Waals surface area contributed by atoms with Gasteiger partial charge in [-0.25, -0.2) is 0 Å². The zero-order valence-corrected chi connectivity index (χ0v) is 82.6. The number of amides is 4. The van der Waals surface area contributed by atoms with Crippen LogP contribution in [0, 0.1) is 11.8 Å². The van der Waals surface area contributed by atoms with Crippen LogP contribution in [-0.2, 0) is 143 Å². The van der Waals surface area contributed by atoms with E-state index in [1.807, 2.05) is 0 Å². The number of rotatable bonds is 46. The molecule has 0 radical (unpaired) electrons. The summed E-state index contributed by atoms with van der Waals surface area (Å²) in [7, 11) is 0. The van der Waals surface area contributed by atoms with Crippen LogP contribution < -0.4 is 21.3 Å². The van der Waals surface area contributed by atoms with Crippen LogP contribution >= 0.6 is 15.9 Å². The average Bonchev–Trinajstić information content (AvgIpc) is 0.762. The average molecular weight is 2260 g/mol. The van der Waals surface area contributed by atoms with E-state index in [0.717, 1.165) is 27.7 Å². The summed E-state index contributed by atoms with van der Waals surface area (Å²) in [6.45, 7) is -6.79. The number of hydrogen-bond donors (Lipinski definition) is 34. The Morgan fingerprint density at radius 2 is 0.620 bits per heavy atom. The first-order valence-electron chi connectivity index (χ1n) is 47.9. The van der Waals surface area contributed by atoms with Crippen LogP contribution in [0.3, 0.4) is 0 Å². The first-order valence-corrected chi connectivity index (χ1v) is 49.0. The highest BCUT2D eigenvalue weighted by Gasteiger charge is 2.64.